The van der Waals surface area contributed by atoms with Crippen molar-refractivity contribution in [2.45, 2.75) is 19.1 Å². The molecule has 7 heteroatoms. The van der Waals surface area contributed by atoms with Crippen molar-refractivity contribution in [3.05, 3.63) is 16.6 Å². The molecule has 2 aliphatic rings. The summed E-state index contributed by atoms with van der Waals surface area (Å²) < 4.78 is 11.7. The SMILES string of the molecule is CC(=O)N1CCOC[C@@]2(CN(Cc3nccs3)CCO2)C1. The van der Waals surface area contributed by atoms with E-state index in [0.29, 0.717) is 32.9 Å². The fourth-order valence-corrected chi connectivity index (χ4v) is 3.60. The minimum absolute atomic E-state index is 0.0838. The predicted octanol–water partition coefficient (Wildman–Crippen LogP) is 0.593. The molecule has 0 aromatic carbocycles. The molecule has 2 saturated heterocycles. The highest BCUT2D eigenvalue weighted by Gasteiger charge is 2.40. The lowest BCUT2D eigenvalue weighted by Gasteiger charge is -2.43. The molecule has 1 aromatic rings. The van der Waals surface area contributed by atoms with Crippen LogP contribution >= 0.6 is 11.3 Å². The van der Waals surface area contributed by atoms with Crippen LogP contribution in [0.2, 0.25) is 0 Å². The average molecular weight is 311 g/mol. The molecule has 1 amide bonds. The number of rotatable bonds is 2. The third-order valence-corrected chi connectivity index (χ3v) is 4.73. The van der Waals surface area contributed by atoms with Crippen molar-refractivity contribution in [2.24, 2.45) is 0 Å². The topological polar surface area (TPSA) is 54.9 Å². The summed E-state index contributed by atoms with van der Waals surface area (Å²) in [5.41, 5.74) is -0.405. The third-order valence-electron chi connectivity index (χ3n) is 3.96. The van der Waals surface area contributed by atoms with Crippen LogP contribution in [0.3, 0.4) is 0 Å². The van der Waals surface area contributed by atoms with Crippen molar-refractivity contribution in [2.75, 3.05) is 46.0 Å². The number of carbonyl (C=O) groups excluding carboxylic acids is 1. The van der Waals surface area contributed by atoms with Crippen LogP contribution in [0.5, 0.6) is 0 Å². The molecule has 0 unspecified atom stereocenters. The van der Waals surface area contributed by atoms with E-state index in [-0.39, 0.29) is 5.91 Å². The number of nitrogens with zero attached hydrogens (tertiary/aromatic N) is 3. The first-order valence-corrected chi connectivity index (χ1v) is 8.13. The Balaban J connectivity index is 1.69. The molecule has 0 saturated carbocycles. The smallest absolute Gasteiger partial charge is 0.219 e. The molecule has 1 aromatic heterocycles. The Morgan fingerprint density at radius 1 is 1.43 bits per heavy atom. The number of thiazole rings is 1. The Labute approximate surface area is 128 Å². The van der Waals surface area contributed by atoms with Crippen LogP contribution in [0, 0.1) is 0 Å². The van der Waals surface area contributed by atoms with Gasteiger partial charge in [-0.2, -0.15) is 0 Å². The van der Waals surface area contributed by atoms with Gasteiger partial charge in [0.1, 0.15) is 10.6 Å². The standard InChI is InChI=1S/C14H21N3O3S/c1-12(18)17-4-5-19-11-14(10-17)9-16(3-6-20-14)8-13-15-2-7-21-13/h2,7H,3-6,8-11H2,1H3/t14-/m1/s1. The highest BCUT2D eigenvalue weighted by atomic mass is 32.1. The molecule has 6 nitrogen and oxygen atoms in total. The van der Waals surface area contributed by atoms with Crippen LogP contribution in [0.15, 0.2) is 11.6 Å². The second-order valence-electron chi connectivity index (χ2n) is 5.66. The van der Waals surface area contributed by atoms with Crippen LogP contribution < -0.4 is 0 Å². The quantitative estimate of drug-likeness (QED) is 0.800. The zero-order valence-corrected chi connectivity index (χ0v) is 13.1. The average Bonchev–Trinajstić information content (AvgIpc) is 2.87. The van der Waals surface area contributed by atoms with E-state index in [1.54, 1.807) is 18.3 Å². The second kappa shape index (κ2) is 6.39. The first-order valence-electron chi connectivity index (χ1n) is 7.25. The van der Waals surface area contributed by atoms with E-state index in [1.807, 2.05) is 16.5 Å². The number of morpholine rings is 1. The lowest BCUT2D eigenvalue weighted by atomic mass is 10.0. The van der Waals surface area contributed by atoms with Gasteiger partial charge in [-0.1, -0.05) is 0 Å². The summed E-state index contributed by atoms with van der Waals surface area (Å²) in [7, 11) is 0. The maximum absolute atomic E-state index is 11.7. The number of ether oxygens (including phenoxy) is 2. The number of hydrogen-bond donors (Lipinski definition) is 0. The van der Waals surface area contributed by atoms with Crippen molar-refractivity contribution < 1.29 is 14.3 Å². The Hall–Kier alpha value is -1.02. The maximum atomic E-state index is 11.7. The molecule has 3 heterocycles. The van der Waals surface area contributed by atoms with E-state index in [4.69, 9.17) is 9.47 Å². The van der Waals surface area contributed by atoms with Gasteiger partial charge in [0.05, 0.1) is 32.9 Å². The molecule has 21 heavy (non-hydrogen) atoms. The zero-order valence-electron chi connectivity index (χ0n) is 12.3. The first-order chi connectivity index (χ1) is 10.2. The summed E-state index contributed by atoms with van der Waals surface area (Å²) in [6.45, 7) is 7.15. The normalized spacial score (nSPS) is 27.8. The molecular weight excluding hydrogens is 290 g/mol. The van der Waals surface area contributed by atoms with E-state index in [1.165, 1.54) is 0 Å². The molecule has 2 fully saturated rings. The summed E-state index contributed by atoms with van der Waals surface area (Å²) in [5.74, 6) is 0.0838. The Bertz CT molecular complexity index is 482. The Morgan fingerprint density at radius 2 is 2.33 bits per heavy atom. The van der Waals surface area contributed by atoms with Crippen LogP contribution in [0.1, 0.15) is 11.9 Å². The number of amides is 1. The molecule has 0 bridgehead atoms. The van der Waals surface area contributed by atoms with E-state index in [9.17, 15) is 4.79 Å². The lowest BCUT2D eigenvalue weighted by molar-refractivity contribution is -0.151. The van der Waals surface area contributed by atoms with Gasteiger partial charge >= 0.3 is 0 Å². The van der Waals surface area contributed by atoms with Gasteiger partial charge in [0.15, 0.2) is 0 Å². The number of carbonyl (C=O) groups is 1. The fraction of sp³-hybridized carbons (Fsp3) is 0.714. The van der Waals surface area contributed by atoms with Crippen molar-refractivity contribution in [1.82, 2.24) is 14.8 Å². The summed E-state index contributed by atoms with van der Waals surface area (Å²) in [5, 5.41) is 3.11. The Morgan fingerprint density at radius 3 is 3.10 bits per heavy atom. The van der Waals surface area contributed by atoms with Gasteiger partial charge in [0, 0.05) is 38.1 Å². The predicted molar refractivity (Wildman–Crippen MR) is 79.1 cm³/mol. The van der Waals surface area contributed by atoms with Gasteiger partial charge < -0.3 is 14.4 Å². The van der Waals surface area contributed by atoms with Crippen molar-refractivity contribution in [3.63, 3.8) is 0 Å². The molecule has 3 rings (SSSR count). The lowest BCUT2D eigenvalue weighted by Crippen LogP contribution is -2.58. The molecular formula is C14H21N3O3S. The monoisotopic (exact) mass is 311 g/mol. The van der Waals surface area contributed by atoms with Crippen molar-refractivity contribution in [1.29, 1.82) is 0 Å². The number of aromatic nitrogens is 1. The van der Waals surface area contributed by atoms with E-state index >= 15 is 0 Å². The van der Waals surface area contributed by atoms with Crippen LogP contribution in [0.4, 0.5) is 0 Å². The summed E-state index contributed by atoms with van der Waals surface area (Å²) in [4.78, 5) is 20.2. The van der Waals surface area contributed by atoms with Crippen molar-refractivity contribution >= 4 is 17.2 Å². The van der Waals surface area contributed by atoms with Crippen LogP contribution in [-0.2, 0) is 20.8 Å². The minimum Gasteiger partial charge on any atom is -0.376 e. The minimum atomic E-state index is -0.405. The van der Waals surface area contributed by atoms with Gasteiger partial charge in [-0.3, -0.25) is 9.69 Å². The van der Waals surface area contributed by atoms with Gasteiger partial charge in [-0.05, 0) is 0 Å². The van der Waals surface area contributed by atoms with Gasteiger partial charge in [0.2, 0.25) is 5.91 Å². The van der Waals surface area contributed by atoms with Gasteiger partial charge in [-0.15, -0.1) is 11.3 Å². The van der Waals surface area contributed by atoms with E-state index in [0.717, 1.165) is 24.6 Å². The summed E-state index contributed by atoms with van der Waals surface area (Å²) in [6.07, 6.45) is 1.84. The second-order valence-corrected chi connectivity index (χ2v) is 6.64. The van der Waals surface area contributed by atoms with Gasteiger partial charge in [0.25, 0.3) is 0 Å². The first kappa shape index (κ1) is 14.9. The zero-order chi connectivity index (χ0) is 14.7. The highest BCUT2D eigenvalue weighted by molar-refractivity contribution is 7.09. The fourth-order valence-electron chi connectivity index (χ4n) is 2.94. The Kier molecular flexibility index (Phi) is 4.54. The maximum Gasteiger partial charge on any atom is 0.219 e. The largest absolute Gasteiger partial charge is 0.376 e. The third kappa shape index (κ3) is 3.60. The molecule has 1 atom stereocenters. The summed E-state index contributed by atoms with van der Waals surface area (Å²) in [6, 6.07) is 0. The molecule has 0 aliphatic carbocycles. The van der Waals surface area contributed by atoms with E-state index < -0.39 is 5.60 Å². The van der Waals surface area contributed by atoms with Gasteiger partial charge in [-0.25, -0.2) is 4.98 Å². The molecule has 1 spiro atoms. The number of hydrogen-bond acceptors (Lipinski definition) is 6. The molecule has 0 radical (unpaired) electrons. The molecule has 2 aliphatic heterocycles. The summed E-state index contributed by atoms with van der Waals surface area (Å²) >= 11 is 1.67. The highest BCUT2D eigenvalue weighted by Crippen LogP contribution is 2.24. The van der Waals surface area contributed by atoms with Crippen LogP contribution in [-0.4, -0.2) is 72.3 Å². The molecule has 116 valence electrons. The van der Waals surface area contributed by atoms with Crippen molar-refractivity contribution in [3.8, 4) is 0 Å². The van der Waals surface area contributed by atoms with E-state index in [2.05, 4.69) is 9.88 Å². The van der Waals surface area contributed by atoms with Crippen LogP contribution in [0.25, 0.3) is 0 Å². The molecule has 0 N–H and O–H groups in total.